The highest BCUT2D eigenvalue weighted by Gasteiger charge is 2.60. The molecular weight excluding hydrogens is 471 g/mol. The normalized spacial score (nSPS) is 22.6. The Kier molecular flexibility index (Phi) is 5.38. The van der Waals surface area contributed by atoms with E-state index in [1.807, 2.05) is 30.3 Å². The molecule has 2 amide bonds. The van der Waals surface area contributed by atoms with E-state index in [0.29, 0.717) is 37.6 Å². The van der Waals surface area contributed by atoms with Crippen LogP contribution in [0.4, 0.5) is 11.4 Å². The van der Waals surface area contributed by atoms with Crippen LogP contribution in [0.5, 0.6) is 0 Å². The van der Waals surface area contributed by atoms with Gasteiger partial charge in [-0.1, -0.05) is 65.1 Å². The van der Waals surface area contributed by atoms with Crippen molar-refractivity contribution in [3.8, 4) is 0 Å². The minimum absolute atomic E-state index is 0.361. The predicted molar refractivity (Wildman–Crippen MR) is 125 cm³/mol. The standard InChI is InChI=1S/C24H17Cl3N2O3/c1-13-17(26)8-5-9-19(13)28-23(30)20-21(16-11-10-14(25)12-18(16)27)29(32-22(20)24(28)31)15-6-3-2-4-7-15/h2-12,20-22H,1H3/t20-,21-,22-/m0/s1. The SMILES string of the molecule is Cc1c(Cl)cccc1N1C(=O)[C@@H]2[C@H](ON(c3ccccc3)[C@H]2c2ccc(Cl)cc2Cl)C1=O. The lowest BCUT2D eigenvalue weighted by Gasteiger charge is -2.29. The van der Waals surface area contributed by atoms with Crippen LogP contribution >= 0.6 is 34.8 Å². The van der Waals surface area contributed by atoms with Gasteiger partial charge in [-0.2, -0.15) is 0 Å². The van der Waals surface area contributed by atoms with E-state index in [1.165, 1.54) is 4.90 Å². The van der Waals surface area contributed by atoms with E-state index in [2.05, 4.69) is 0 Å². The van der Waals surface area contributed by atoms with Crippen LogP contribution in [0.1, 0.15) is 17.2 Å². The molecule has 0 saturated carbocycles. The number of carbonyl (C=O) groups excluding carboxylic acids is 2. The summed E-state index contributed by atoms with van der Waals surface area (Å²) in [5, 5.41) is 2.95. The predicted octanol–water partition coefficient (Wildman–Crippen LogP) is 6.01. The minimum Gasteiger partial charge on any atom is -0.273 e. The number of anilines is 2. The molecule has 2 saturated heterocycles. The van der Waals surface area contributed by atoms with Crippen molar-refractivity contribution in [2.45, 2.75) is 19.1 Å². The number of fused-ring (bicyclic) bond motifs is 1. The Bertz CT molecular complexity index is 1230. The molecular formula is C24H17Cl3N2O3. The molecule has 0 aromatic heterocycles. The van der Waals surface area contributed by atoms with E-state index < -0.39 is 24.0 Å². The molecule has 5 rings (SSSR count). The second kappa shape index (κ2) is 8.09. The highest BCUT2D eigenvalue weighted by Crippen LogP contribution is 2.49. The first-order valence-corrected chi connectivity index (χ1v) is 11.1. The van der Waals surface area contributed by atoms with Crippen molar-refractivity contribution in [1.82, 2.24) is 0 Å². The van der Waals surface area contributed by atoms with Crippen LogP contribution in [0.2, 0.25) is 15.1 Å². The van der Waals surface area contributed by atoms with Gasteiger partial charge in [0.05, 0.1) is 17.4 Å². The molecule has 32 heavy (non-hydrogen) atoms. The molecule has 2 heterocycles. The summed E-state index contributed by atoms with van der Waals surface area (Å²) >= 11 is 18.9. The monoisotopic (exact) mass is 486 g/mol. The number of amides is 2. The zero-order valence-electron chi connectivity index (χ0n) is 16.8. The number of nitrogens with zero attached hydrogens (tertiary/aromatic N) is 2. The molecule has 3 aromatic rings. The van der Waals surface area contributed by atoms with Gasteiger partial charge < -0.3 is 0 Å². The molecule has 2 aliphatic heterocycles. The fourth-order valence-electron chi connectivity index (χ4n) is 4.35. The number of hydroxylamine groups is 1. The van der Waals surface area contributed by atoms with Crippen molar-refractivity contribution < 1.29 is 14.4 Å². The van der Waals surface area contributed by atoms with Crippen molar-refractivity contribution in [2.24, 2.45) is 5.92 Å². The summed E-state index contributed by atoms with van der Waals surface area (Å²) in [5.74, 6) is -1.58. The first kappa shape index (κ1) is 21.3. The number of benzene rings is 3. The number of para-hydroxylation sites is 1. The summed E-state index contributed by atoms with van der Waals surface area (Å²) in [4.78, 5) is 34.4. The van der Waals surface area contributed by atoms with Crippen LogP contribution < -0.4 is 9.96 Å². The van der Waals surface area contributed by atoms with Crippen molar-refractivity contribution in [1.29, 1.82) is 0 Å². The van der Waals surface area contributed by atoms with Gasteiger partial charge in [-0.05, 0) is 54.4 Å². The van der Waals surface area contributed by atoms with Gasteiger partial charge in [-0.15, -0.1) is 0 Å². The van der Waals surface area contributed by atoms with Crippen molar-refractivity contribution in [3.05, 3.63) is 92.9 Å². The molecule has 3 atom stereocenters. The van der Waals surface area contributed by atoms with Crippen molar-refractivity contribution in [2.75, 3.05) is 9.96 Å². The maximum Gasteiger partial charge on any atom is 0.266 e. The largest absolute Gasteiger partial charge is 0.273 e. The zero-order valence-corrected chi connectivity index (χ0v) is 19.1. The summed E-state index contributed by atoms with van der Waals surface area (Å²) in [6.45, 7) is 1.77. The highest BCUT2D eigenvalue weighted by atomic mass is 35.5. The molecule has 0 N–H and O–H groups in total. The van der Waals surface area contributed by atoms with E-state index in [-0.39, 0.29) is 5.91 Å². The lowest BCUT2D eigenvalue weighted by molar-refractivity contribution is -0.126. The van der Waals surface area contributed by atoms with Crippen LogP contribution in [-0.4, -0.2) is 17.9 Å². The van der Waals surface area contributed by atoms with E-state index >= 15 is 0 Å². The fraction of sp³-hybridized carbons (Fsp3) is 0.167. The third kappa shape index (κ3) is 3.28. The number of hydrogen-bond acceptors (Lipinski definition) is 4. The average molecular weight is 488 g/mol. The minimum atomic E-state index is -0.988. The second-order valence-corrected chi connectivity index (χ2v) is 8.97. The van der Waals surface area contributed by atoms with Crippen molar-refractivity contribution in [3.63, 3.8) is 0 Å². The molecule has 0 unspecified atom stereocenters. The van der Waals surface area contributed by atoms with E-state index in [4.69, 9.17) is 39.6 Å². The average Bonchev–Trinajstić information content (AvgIpc) is 3.27. The maximum atomic E-state index is 13.7. The third-order valence-electron chi connectivity index (χ3n) is 5.89. The Hall–Kier alpha value is -2.57. The van der Waals surface area contributed by atoms with Gasteiger partial charge in [-0.25, -0.2) is 9.96 Å². The van der Waals surface area contributed by atoms with Crippen LogP contribution in [0, 0.1) is 12.8 Å². The number of carbonyl (C=O) groups is 2. The van der Waals surface area contributed by atoms with Gasteiger partial charge in [-0.3, -0.25) is 14.4 Å². The Balaban J connectivity index is 1.63. The van der Waals surface area contributed by atoms with Gasteiger partial charge in [0.15, 0.2) is 6.10 Å². The fourth-order valence-corrected chi connectivity index (χ4v) is 5.04. The van der Waals surface area contributed by atoms with Gasteiger partial charge in [0, 0.05) is 15.1 Å². The first-order valence-electron chi connectivity index (χ1n) is 9.97. The lowest BCUT2D eigenvalue weighted by atomic mass is 9.90. The molecule has 8 heteroatoms. The molecule has 5 nitrogen and oxygen atoms in total. The van der Waals surface area contributed by atoms with Crippen LogP contribution in [0.15, 0.2) is 66.7 Å². The summed E-state index contributed by atoms with van der Waals surface area (Å²) in [5.41, 5.74) is 2.47. The number of rotatable bonds is 3. The Morgan fingerprint density at radius 3 is 2.31 bits per heavy atom. The van der Waals surface area contributed by atoms with Crippen LogP contribution in [0.3, 0.4) is 0 Å². The summed E-state index contributed by atoms with van der Waals surface area (Å²) in [6, 6.07) is 18.9. The van der Waals surface area contributed by atoms with Crippen LogP contribution in [0.25, 0.3) is 0 Å². The van der Waals surface area contributed by atoms with E-state index in [9.17, 15) is 9.59 Å². The Morgan fingerprint density at radius 1 is 0.844 bits per heavy atom. The first-order chi connectivity index (χ1) is 15.4. The summed E-state index contributed by atoms with van der Waals surface area (Å²) in [6.07, 6.45) is -0.988. The topological polar surface area (TPSA) is 49.9 Å². The van der Waals surface area contributed by atoms with Crippen LogP contribution in [-0.2, 0) is 14.4 Å². The number of halogens is 3. The molecule has 3 aromatic carbocycles. The molecule has 0 aliphatic carbocycles. The molecule has 0 radical (unpaired) electrons. The lowest BCUT2D eigenvalue weighted by Crippen LogP contribution is -2.37. The highest BCUT2D eigenvalue weighted by molar-refractivity contribution is 6.35. The Labute approximate surface area is 200 Å². The maximum absolute atomic E-state index is 13.7. The molecule has 2 fully saturated rings. The van der Waals surface area contributed by atoms with Gasteiger partial charge >= 0.3 is 0 Å². The second-order valence-electron chi connectivity index (χ2n) is 7.72. The van der Waals surface area contributed by atoms with Gasteiger partial charge in [0.25, 0.3) is 5.91 Å². The summed E-state index contributed by atoms with van der Waals surface area (Å²) in [7, 11) is 0. The van der Waals surface area contributed by atoms with Gasteiger partial charge in [0.2, 0.25) is 5.91 Å². The van der Waals surface area contributed by atoms with Crippen molar-refractivity contribution >= 4 is 58.0 Å². The molecule has 162 valence electrons. The molecule has 0 spiro atoms. The molecule has 2 aliphatic rings. The number of imide groups is 1. The Morgan fingerprint density at radius 2 is 1.59 bits per heavy atom. The van der Waals surface area contributed by atoms with E-state index in [0.717, 1.165) is 0 Å². The summed E-state index contributed by atoms with van der Waals surface area (Å²) < 4.78 is 0. The third-order valence-corrected chi connectivity index (χ3v) is 6.86. The zero-order chi connectivity index (χ0) is 22.6. The van der Waals surface area contributed by atoms with E-state index in [1.54, 1.807) is 48.4 Å². The molecule has 0 bridgehead atoms. The quantitative estimate of drug-likeness (QED) is 0.425. The smallest absolute Gasteiger partial charge is 0.266 e. The van der Waals surface area contributed by atoms with Gasteiger partial charge in [0.1, 0.15) is 5.92 Å². The number of hydrogen-bond donors (Lipinski definition) is 0.